The number of anilines is 6. The standard InChI is InChI=1S/C54H66N16O8/c1-63(2)19-11-17-55-49(73)41-21-37(29-65(41)5)59-53(77)45-25-39(31-69(45)9)61-51(75)43-23-35(27-67(43)7)57-47(71)33-13-15-34(16-14-33)48(72)58-36-24-44(68(8)28-36)52(76)62-40-26-46(70(10)32-40)54(78)60-38-22-42(66(6)30-38)50(74)56-18-12-20-64(3)4/h13-16,21-32H,11-12,17-20H2,1-10H3,(H,55,73)(H,56,74)(H,57,71)(H,58,72)(H,59,77)(H,60,78)(H,61,75)(H,62,76). The molecule has 6 heterocycles. The monoisotopic (exact) mass is 1070 g/mol. The van der Waals surface area contributed by atoms with Crippen LogP contribution in [0.1, 0.15) is 96.5 Å². The summed E-state index contributed by atoms with van der Waals surface area (Å²) in [6.45, 7) is 2.70. The molecule has 0 aliphatic heterocycles. The first kappa shape index (κ1) is 56.3. The van der Waals surface area contributed by atoms with Crippen LogP contribution in [0.3, 0.4) is 0 Å². The zero-order chi connectivity index (χ0) is 56.5. The van der Waals surface area contributed by atoms with Gasteiger partial charge in [0, 0.05) is 104 Å². The molecule has 0 fully saturated rings. The van der Waals surface area contributed by atoms with Gasteiger partial charge in [-0.3, -0.25) is 38.4 Å². The predicted octanol–water partition coefficient (Wildman–Crippen LogP) is 4.59. The van der Waals surface area contributed by atoms with E-state index in [2.05, 4.69) is 42.5 Å². The number of hydrogen-bond acceptors (Lipinski definition) is 10. The fraction of sp³-hybridized carbons (Fsp3) is 0.296. The van der Waals surface area contributed by atoms with Crippen molar-refractivity contribution >= 4 is 81.4 Å². The molecule has 0 bridgehead atoms. The Morgan fingerprint density at radius 1 is 0.333 bits per heavy atom. The van der Waals surface area contributed by atoms with Gasteiger partial charge in [-0.05, 0) is 115 Å². The normalized spacial score (nSPS) is 11.1. The molecule has 0 spiro atoms. The molecular formula is C54H66N16O8. The maximum absolute atomic E-state index is 13.4. The SMILES string of the molecule is CN(C)CCCNC(=O)c1cc(NC(=O)c2cc(NC(=O)c3cc(NC(=O)c4ccc(C(=O)Nc5cc(C(=O)Nc6cc(C(=O)Nc7cc(C(=O)NCCCN(C)C)n(C)c7)n(C)c6)n(C)c5)cc4)cn3C)cn2C)cn1C. The summed E-state index contributed by atoms with van der Waals surface area (Å²) in [4.78, 5) is 110. The first-order chi connectivity index (χ1) is 37.0. The quantitative estimate of drug-likeness (QED) is 0.0438. The lowest BCUT2D eigenvalue weighted by Gasteiger charge is -2.10. The van der Waals surface area contributed by atoms with Crippen LogP contribution in [0.4, 0.5) is 34.1 Å². The lowest BCUT2D eigenvalue weighted by Crippen LogP contribution is -2.28. The third kappa shape index (κ3) is 14.1. The number of nitrogens with one attached hydrogen (secondary N) is 8. The van der Waals surface area contributed by atoms with Gasteiger partial charge in [0.2, 0.25) is 0 Å². The van der Waals surface area contributed by atoms with E-state index in [-0.39, 0.29) is 45.7 Å². The van der Waals surface area contributed by atoms with Crippen molar-refractivity contribution in [1.82, 2.24) is 47.8 Å². The van der Waals surface area contributed by atoms with Gasteiger partial charge in [0.1, 0.15) is 34.2 Å². The second-order valence-electron chi connectivity index (χ2n) is 19.5. The molecule has 0 saturated carbocycles. The Bertz CT molecular complexity index is 3180. The first-order valence-electron chi connectivity index (χ1n) is 24.9. The second kappa shape index (κ2) is 24.5. The van der Waals surface area contributed by atoms with Gasteiger partial charge in [0.25, 0.3) is 47.3 Å². The highest BCUT2D eigenvalue weighted by atomic mass is 16.2. The van der Waals surface area contributed by atoms with Gasteiger partial charge in [0.05, 0.1) is 34.1 Å². The number of aromatic nitrogens is 6. The molecule has 24 heteroatoms. The largest absolute Gasteiger partial charge is 0.351 e. The molecule has 0 radical (unpaired) electrons. The Morgan fingerprint density at radius 2 is 0.538 bits per heavy atom. The minimum Gasteiger partial charge on any atom is -0.351 e. The summed E-state index contributed by atoms with van der Waals surface area (Å²) in [5.41, 5.74) is 4.42. The van der Waals surface area contributed by atoms with Crippen LogP contribution in [0.25, 0.3) is 0 Å². The van der Waals surface area contributed by atoms with Crippen LogP contribution in [0.5, 0.6) is 0 Å². The Morgan fingerprint density at radius 3 is 0.756 bits per heavy atom. The number of amides is 8. The Hall–Kier alpha value is -9.42. The molecule has 78 heavy (non-hydrogen) atoms. The van der Waals surface area contributed by atoms with E-state index in [0.717, 1.165) is 25.9 Å². The van der Waals surface area contributed by atoms with Crippen LogP contribution in [-0.2, 0) is 42.3 Å². The minimum absolute atomic E-state index is 0.216. The number of rotatable bonds is 22. The van der Waals surface area contributed by atoms with E-state index in [1.165, 1.54) is 48.5 Å². The molecule has 1 aromatic carbocycles. The van der Waals surface area contributed by atoms with Crippen LogP contribution in [0.2, 0.25) is 0 Å². The van der Waals surface area contributed by atoms with Crippen LogP contribution in [0, 0.1) is 0 Å². The van der Waals surface area contributed by atoms with E-state index in [1.54, 1.807) is 119 Å². The van der Waals surface area contributed by atoms with Gasteiger partial charge in [-0.25, -0.2) is 0 Å². The minimum atomic E-state index is -0.497. The summed E-state index contributed by atoms with van der Waals surface area (Å²) in [5.74, 6) is -3.39. The molecule has 8 amide bonds. The van der Waals surface area contributed by atoms with Gasteiger partial charge < -0.3 is 79.7 Å². The van der Waals surface area contributed by atoms with E-state index in [9.17, 15) is 38.4 Å². The average molecular weight is 1070 g/mol. The molecule has 410 valence electrons. The maximum Gasteiger partial charge on any atom is 0.272 e. The van der Waals surface area contributed by atoms with E-state index in [4.69, 9.17) is 0 Å². The summed E-state index contributed by atoms with van der Waals surface area (Å²) in [6.07, 6.45) is 11.2. The Labute approximate surface area is 450 Å². The zero-order valence-corrected chi connectivity index (χ0v) is 45.3. The van der Waals surface area contributed by atoms with Crippen LogP contribution in [0.15, 0.2) is 97.8 Å². The van der Waals surface area contributed by atoms with Crippen molar-refractivity contribution in [3.63, 3.8) is 0 Å². The topological polar surface area (TPSA) is 269 Å². The maximum atomic E-state index is 13.4. The highest BCUT2D eigenvalue weighted by molar-refractivity contribution is 6.11. The number of aryl methyl sites for hydroxylation is 6. The highest BCUT2D eigenvalue weighted by Crippen LogP contribution is 2.23. The lowest BCUT2D eigenvalue weighted by molar-refractivity contribution is 0.0936. The molecule has 0 saturated heterocycles. The van der Waals surface area contributed by atoms with E-state index >= 15 is 0 Å². The third-order valence-electron chi connectivity index (χ3n) is 12.5. The van der Waals surface area contributed by atoms with Crippen molar-refractivity contribution in [2.45, 2.75) is 12.8 Å². The highest BCUT2D eigenvalue weighted by Gasteiger charge is 2.22. The molecule has 0 unspecified atom stereocenters. The summed E-state index contributed by atoms with van der Waals surface area (Å²) >= 11 is 0. The predicted molar refractivity (Wildman–Crippen MR) is 298 cm³/mol. The average Bonchev–Trinajstić information content (AvgIpc) is 4.25. The van der Waals surface area contributed by atoms with Gasteiger partial charge in [-0.15, -0.1) is 0 Å². The smallest absolute Gasteiger partial charge is 0.272 e. The van der Waals surface area contributed by atoms with E-state index in [1.807, 2.05) is 38.0 Å². The van der Waals surface area contributed by atoms with E-state index < -0.39 is 35.4 Å². The molecule has 0 aliphatic rings. The molecular weight excluding hydrogens is 1000 g/mol. The van der Waals surface area contributed by atoms with Gasteiger partial charge >= 0.3 is 0 Å². The zero-order valence-electron chi connectivity index (χ0n) is 45.3. The van der Waals surface area contributed by atoms with Crippen molar-refractivity contribution in [2.75, 3.05) is 86.3 Å². The van der Waals surface area contributed by atoms with Crippen LogP contribution in [-0.4, -0.2) is 139 Å². The van der Waals surface area contributed by atoms with Crippen molar-refractivity contribution in [3.05, 3.63) is 143 Å². The molecule has 8 N–H and O–H groups in total. The number of benzene rings is 1. The van der Waals surface area contributed by atoms with Crippen LogP contribution >= 0.6 is 0 Å². The van der Waals surface area contributed by atoms with Crippen molar-refractivity contribution in [3.8, 4) is 0 Å². The summed E-state index contributed by atoms with van der Waals surface area (Å²) in [7, 11) is 17.9. The molecule has 0 atom stereocenters. The molecule has 0 aliphatic carbocycles. The van der Waals surface area contributed by atoms with Gasteiger partial charge in [-0.1, -0.05) is 0 Å². The first-order valence-corrected chi connectivity index (χ1v) is 24.9. The van der Waals surface area contributed by atoms with E-state index in [0.29, 0.717) is 58.6 Å². The fourth-order valence-corrected chi connectivity index (χ4v) is 8.49. The number of carbonyl (C=O) groups excluding carboxylic acids is 8. The fourth-order valence-electron chi connectivity index (χ4n) is 8.49. The van der Waals surface area contributed by atoms with Crippen LogP contribution < -0.4 is 42.5 Å². The number of hydrogen-bond donors (Lipinski definition) is 8. The summed E-state index contributed by atoms with van der Waals surface area (Å²) in [6, 6.07) is 15.2. The van der Waals surface area contributed by atoms with Gasteiger partial charge in [0.15, 0.2) is 0 Å². The molecule has 7 aromatic rings. The second-order valence-corrected chi connectivity index (χ2v) is 19.5. The molecule has 24 nitrogen and oxygen atoms in total. The van der Waals surface area contributed by atoms with Crippen molar-refractivity contribution in [2.24, 2.45) is 42.3 Å². The third-order valence-corrected chi connectivity index (χ3v) is 12.5. The summed E-state index contributed by atoms with van der Waals surface area (Å²) < 4.78 is 9.47. The molecule has 6 aromatic heterocycles. The molecule has 7 rings (SSSR count). The Kier molecular flexibility index (Phi) is 17.7. The number of carbonyl (C=O) groups is 8. The Balaban J connectivity index is 0.882. The number of nitrogens with zero attached hydrogens (tertiary/aromatic N) is 8. The van der Waals surface area contributed by atoms with Gasteiger partial charge in [-0.2, -0.15) is 0 Å². The van der Waals surface area contributed by atoms with Crippen molar-refractivity contribution < 1.29 is 38.4 Å². The summed E-state index contributed by atoms with van der Waals surface area (Å²) in [5, 5.41) is 22.6. The van der Waals surface area contributed by atoms with Crippen molar-refractivity contribution in [1.29, 1.82) is 0 Å². The lowest BCUT2D eigenvalue weighted by atomic mass is 10.1.